The normalized spacial score (nSPS) is 11.3. The molecule has 0 atom stereocenters. The molecule has 0 unspecified atom stereocenters. The molecule has 1 aromatic heterocycles. The minimum atomic E-state index is -1.04. The fourth-order valence-electron chi connectivity index (χ4n) is 2.50. The van der Waals surface area contributed by atoms with Crippen LogP contribution in [0.1, 0.15) is 20.8 Å². The third-order valence-corrected chi connectivity index (χ3v) is 4.26. The number of benzene rings is 2. The molecule has 0 aliphatic carbocycles. The molecule has 7 heteroatoms. The van der Waals surface area contributed by atoms with E-state index in [1.54, 1.807) is 50.2 Å². The van der Waals surface area contributed by atoms with Crippen molar-refractivity contribution in [1.82, 2.24) is 0 Å². The Morgan fingerprint density at radius 1 is 1.07 bits per heavy atom. The maximum absolute atomic E-state index is 12.8. The molecule has 3 rings (SSSR count). The summed E-state index contributed by atoms with van der Waals surface area (Å²) < 4.78 is 22.3. The lowest BCUT2D eigenvalue weighted by atomic mass is 9.95. The largest absolute Gasteiger partial charge is 0.492 e. The van der Waals surface area contributed by atoms with Crippen molar-refractivity contribution in [2.75, 3.05) is 13.2 Å². The molecule has 1 N–H and O–H groups in total. The highest BCUT2D eigenvalue weighted by molar-refractivity contribution is 5.79. The molecule has 2 aromatic carbocycles. The van der Waals surface area contributed by atoms with E-state index in [9.17, 15) is 9.59 Å². The summed E-state index contributed by atoms with van der Waals surface area (Å²) in [4.78, 5) is 24.0. The van der Waals surface area contributed by atoms with Gasteiger partial charge in [-0.05, 0) is 45.0 Å². The number of hydrogen-bond acceptors (Lipinski definition) is 6. The van der Waals surface area contributed by atoms with Gasteiger partial charge in [-0.3, -0.25) is 9.59 Å². The lowest BCUT2D eigenvalue weighted by Crippen LogP contribution is -2.30. The number of ether oxygens (including phenoxy) is 3. The smallest absolute Gasteiger partial charge is 0.312 e. The van der Waals surface area contributed by atoms with Gasteiger partial charge in [-0.2, -0.15) is 0 Å². The highest BCUT2D eigenvalue weighted by atomic mass is 16.5. The summed E-state index contributed by atoms with van der Waals surface area (Å²) in [7, 11) is 0. The molecule has 0 saturated heterocycles. The van der Waals surface area contributed by atoms with E-state index in [0.29, 0.717) is 34.8 Å². The van der Waals surface area contributed by atoms with Crippen LogP contribution in [0.2, 0.25) is 0 Å². The van der Waals surface area contributed by atoms with Crippen molar-refractivity contribution in [2.45, 2.75) is 20.8 Å². The van der Waals surface area contributed by atoms with E-state index in [1.165, 1.54) is 6.26 Å². The molecular weight excluding hydrogens is 376 g/mol. The van der Waals surface area contributed by atoms with Crippen LogP contribution in [0.15, 0.2) is 57.9 Å². The molecular formula is C22H22O7. The van der Waals surface area contributed by atoms with Crippen LogP contribution >= 0.6 is 0 Å². The maximum Gasteiger partial charge on any atom is 0.312 e. The zero-order valence-corrected chi connectivity index (χ0v) is 16.4. The first-order valence-corrected chi connectivity index (χ1v) is 9.13. The summed E-state index contributed by atoms with van der Waals surface area (Å²) in [5.41, 5.74) is -1.07. The second kappa shape index (κ2) is 8.26. The van der Waals surface area contributed by atoms with Crippen LogP contribution in [-0.2, 0) is 4.79 Å². The fraction of sp³-hybridized carbons (Fsp3) is 0.273. The summed E-state index contributed by atoms with van der Waals surface area (Å²) in [6, 6.07) is 11.8. The van der Waals surface area contributed by atoms with E-state index >= 15 is 0 Å². The summed E-state index contributed by atoms with van der Waals surface area (Å²) >= 11 is 0. The number of aliphatic carboxylic acids is 1. The first kappa shape index (κ1) is 20.3. The van der Waals surface area contributed by atoms with Crippen LogP contribution in [0.25, 0.3) is 11.0 Å². The summed E-state index contributed by atoms with van der Waals surface area (Å²) in [5.74, 6) is 0.422. The number of carbonyl (C=O) groups is 1. The molecule has 0 radical (unpaired) electrons. The van der Waals surface area contributed by atoms with Gasteiger partial charge >= 0.3 is 5.97 Å². The Bertz CT molecular complexity index is 1080. The van der Waals surface area contributed by atoms with E-state index in [2.05, 4.69) is 0 Å². The van der Waals surface area contributed by atoms with Gasteiger partial charge in [0.1, 0.15) is 24.2 Å². The van der Waals surface area contributed by atoms with Crippen LogP contribution in [0.3, 0.4) is 0 Å². The van der Waals surface area contributed by atoms with Crippen molar-refractivity contribution >= 4 is 16.9 Å². The van der Waals surface area contributed by atoms with Gasteiger partial charge in [-0.15, -0.1) is 0 Å². The predicted octanol–water partition coefficient (Wildman–Crippen LogP) is 4.47. The summed E-state index contributed by atoms with van der Waals surface area (Å²) in [6.07, 6.45) is 1.23. The first-order valence-electron chi connectivity index (χ1n) is 9.13. The van der Waals surface area contributed by atoms with Gasteiger partial charge < -0.3 is 23.7 Å². The van der Waals surface area contributed by atoms with E-state index < -0.39 is 11.4 Å². The van der Waals surface area contributed by atoms with Crippen molar-refractivity contribution in [3.63, 3.8) is 0 Å². The molecule has 0 aliphatic heterocycles. The Hall–Kier alpha value is -3.48. The van der Waals surface area contributed by atoms with Gasteiger partial charge in [-0.1, -0.05) is 12.1 Å². The van der Waals surface area contributed by atoms with Gasteiger partial charge in [0.2, 0.25) is 11.2 Å². The quantitative estimate of drug-likeness (QED) is 0.598. The molecule has 7 nitrogen and oxygen atoms in total. The summed E-state index contributed by atoms with van der Waals surface area (Å²) in [6.45, 7) is 5.44. The van der Waals surface area contributed by atoms with E-state index in [-0.39, 0.29) is 17.8 Å². The molecule has 0 aliphatic rings. The zero-order chi connectivity index (χ0) is 21.0. The highest BCUT2D eigenvalue weighted by Gasteiger charge is 2.28. The van der Waals surface area contributed by atoms with Crippen molar-refractivity contribution < 1.29 is 28.5 Å². The van der Waals surface area contributed by atoms with E-state index in [4.69, 9.17) is 23.7 Å². The van der Waals surface area contributed by atoms with Crippen molar-refractivity contribution in [1.29, 1.82) is 0 Å². The molecule has 152 valence electrons. The lowest BCUT2D eigenvalue weighted by molar-refractivity contribution is -0.148. The van der Waals surface area contributed by atoms with E-state index in [0.717, 1.165) is 0 Å². The third kappa shape index (κ3) is 4.51. The lowest BCUT2D eigenvalue weighted by Gasteiger charge is -2.19. The first-order chi connectivity index (χ1) is 13.8. The number of para-hydroxylation sites is 2. The molecule has 29 heavy (non-hydrogen) atoms. The number of carboxylic acid groups (broad SMARTS) is 1. The Morgan fingerprint density at radius 2 is 1.79 bits per heavy atom. The van der Waals surface area contributed by atoms with Crippen molar-refractivity contribution in [3.8, 4) is 23.0 Å². The highest BCUT2D eigenvalue weighted by Crippen LogP contribution is 2.31. The van der Waals surface area contributed by atoms with E-state index in [1.807, 2.05) is 13.0 Å². The molecule has 0 fully saturated rings. The van der Waals surface area contributed by atoms with Gasteiger partial charge in [0.05, 0.1) is 17.4 Å². The number of rotatable bonds is 8. The molecule has 1 heterocycles. The van der Waals surface area contributed by atoms with Gasteiger partial charge in [0, 0.05) is 6.07 Å². The molecule has 3 aromatic rings. The number of hydrogen-bond donors (Lipinski definition) is 1. The van der Waals surface area contributed by atoms with Crippen molar-refractivity contribution in [3.05, 3.63) is 59.0 Å². The molecule has 0 saturated carbocycles. The predicted molar refractivity (Wildman–Crippen MR) is 107 cm³/mol. The minimum absolute atomic E-state index is 0.0204. The average molecular weight is 398 g/mol. The van der Waals surface area contributed by atoms with Crippen LogP contribution in [0.5, 0.6) is 23.0 Å². The monoisotopic (exact) mass is 398 g/mol. The van der Waals surface area contributed by atoms with Crippen LogP contribution in [-0.4, -0.2) is 24.3 Å². The van der Waals surface area contributed by atoms with Gasteiger partial charge in [0.25, 0.3) is 0 Å². The number of carboxylic acids is 1. The molecule has 0 amide bonds. The van der Waals surface area contributed by atoms with Crippen LogP contribution in [0, 0.1) is 5.41 Å². The van der Waals surface area contributed by atoms with Crippen LogP contribution < -0.4 is 19.6 Å². The second-order valence-electron chi connectivity index (χ2n) is 7.05. The fourth-order valence-corrected chi connectivity index (χ4v) is 2.50. The van der Waals surface area contributed by atoms with Gasteiger partial charge in [-0.25, -0.2) is 0 Å². The van der Waals surface area contributed by atoms with Crippen molar-refractivity contribution in [2.24, 2.45) is 5.41 Å². The molecule has 0 bridgehead atoms. The standard InChI is InChI=1S/C22H22O7/c1-4-26-16-7-5-6-8-17(16)29-19-12-27-18-11-14(9-10-15(18)20(19)23)28-13-22(2,3)21(24)25/h5-12H,4,13H2,1-3H3,(H,24,25). The Morgan fingerprint density at radius 3 is 2.48 bits per heavy atom. The minimum Gasteiger partial charge on any atom is -0.492 e. The third-order valence-electron chi connectivity index (χ3n) is 4.26. The summed E-state index contributed by atoms with van der Waals surface area (Å²) in [5, 5.41) is 9.49. The molecule has 0 spiro atoms. The van der Waals surface area contributed by atoms with Gasteiger partial charge in [0.15, 0.2) is 11.5 Å². The van der Waals surface area contributed by atoms with Crippen LogP contribution in [0.4, 0.5) is 0 Å². The SMILES string of the molecule is CCOc1ccccc1Oc1coc2cc(OCC(C)(C)C(=O)O)ccc2c1=O. The maximum atomic E-state index is 12.8. The Labute approximate surface area is 167 Å². The zero-order valence-electron chi connectivity index (χ0n) is 16.4. The Balaban J connectivity index is 1.86. The number of fused-ring (bicyclic) bond motifs is 1. The second-order valence-corrected chi connectivity index (χ2v) is 7.05. The average Bonchev–Trinajstić information content (AvgIpc) is 2.70. The topological polar surface area (TPSA) is 95.2 Å². The Kier molecular flexibility index (Phi) is 5.77.